The first-order valence-corrected chi connectivity index (χ1v) is 5.99. The van der Waals surface area contributed by atoms with Gasteiger partial charge in [0.2, 0.25) is 0 Å². The fourth-order valence-corrected chi connectivity index (χ4v) is 3.14. The van der Waals surface area contributed by atoms with Crippen LogP contribution < -0.4 is 5.32 Å². The summed E-state index contributed by atoms with van der Waals surface area (Å²) >= 11 is 0. The predicted octanol–water partition coefficient (Wildman–Crippen LogP) is 1.95. The molecule has 1 aromatic carbocycles. The van der Waals surface area contributed by atoms with Crippen molar-refractivity contribution in [1.29, 1.82) is 0 Å². The van der Waals surface area contributed by atoms with E-state index in [9.17, 15) is 10.2 Å². The van der Waals surface area contributed by atoms with Crippen LogP contribution in [0.5, 0.6) is 11.5 Å². The lowest BCUT2D eigenvalue weighted by molar-refractivity contribution is 0.182. The Balaban J connectivity index is 1.89. The van der Waals surface area contributed by atoms with Gasteiger partial charge in [0.25, 0.3) is 0 Å². The van der Waals surface area contributed by atoms with Gasteiger partial charge in [-0.1, -0.05) is 6.07 Å². The van der Waals surface area contributed by atoms with Crippen LogP contribution in [0.2, 0.25) is 0 Å². The van der Waals surface area contributed by atoms with Crippen LogP contribution in [0.3, 0.4) is 0 Å². The Morgan fingerprint density at radius 2 is 2.00 bits per heavy atom. The molecule has 0 spiro atoms. The Morgan fingerprint density at radius 1 is 1.12 bits per heavy atom. The Labute approximate surface area is 95.1 Å². The molecule has 86 valence electrons. The van der Waals surface area contributed by atoms with E-state index in [-0.39, 0.29) is 11.5 Å². The first-order valence-electron chi connectivity index (χ1n) is 5.99. The van der Waals surface area contributed by atoms with Gasteiger partial charge >= 0.3 is 0 Å². The molecule has 3 atom stereocenters. The van der Waals surface area contributed by atoms with Gasteiger partial charge in [-0.25, -0.2) is 0 Å². The molecule has 3 nitrogen and oxygen atoms in total. The first kappa shape index (κ1) is 9.97. The van der Waals surface area contributed by atoms with Crippen LogP contribution in [-0.4, -0.2) is 22.8 Å². The number of hydrogen-bond donors (Lipinski definition) is 3. The normalized spacial score (nSPS) is 32.9. The van der Waals surface area contributed by atoms with Crippen LogP contribution >= 0.6 is 0 Å². The quantitative estimate of drug-likeness (QED) is 0.633. The van der Waals surface area contributed by atoms with Crippen LogP contribution in [-0.2, 0) is 0 Å². The zero-order chi connectivity index (χ0) is 11.1. The van der Waals surface area contributed by atoms with Gasteiger partial charge in [0, 0.05) is 6.04 Å². The second-order valence-corrected chi connectivity index (χ2v) is 5.05. The summed E-state index contributed by atoms with van der Waals surface area (Å²) in [7, 11) is 0. The Hall–Kier alpha value is -1.22. The van der Waals surface area contributed by atoms with E-state index in [2.05, 4.69) is 5.32 Å². The van der Waals surface area contributed by atoms with E-state index in [0.29, 0.717) is 12.0 Å². The third-order valence-corrected chi connectivity index (χ3v) is 4.06. The minimum atomic E-state index is -0.0299. The molecule has 3 fully saturated rings. The zero-order valence-corrected chi connectivity index (χ0v) is 9.19. The Bertz CT molecular complexity index is 397. The van der Waals surface area contributed by atoms with Crippen molar-refractivity contribution in [1.82, 2.24) is 5.32 Å². The van der Waals surface area contributed by atoms with Crippen LogP contribution in [0.1, 0.15) is 30.7 Å². The summed E-state index contributed by atoms with van der Waals surface area (Å²) in [5, 5.41) is 22.4. The number of benzene rings is 1. The molecule has 3 aliphatic rings. The topological polar surface area (TPSA) is 52.5 Å². The lowest BCUT2D eigenvalue weighted by atomic mass is 9.71. The largest absolute Gasteiger partial charge is 0.504 e. The van der Waals surface area contributed by atoms with Crippen molar-refractivity contribution in [3.05, 3.63) is 23.8 Å². The maximum atomic E-state index is 9.53. The highest BCUT2D eigenvalue weighted by Crippen LogP contribution is 2.41. The average molecular weight is 219 g/mol. The summed E-state index contributed by atoms with van der Waals surface area (Å²) in [5.74, 6) is 1.25. The summed E-state index contributed by atoms with van der Waals surface area (Å²) in [4.78, 5) is 0. The molecule has 3 heteroatoms. The summed E-state index contributed by atoms with van der Waals surface area (Å²) in [6.45, 7) is 1.14. The molecule has 0 amide bonds. The molecule has 16 heavy (non-hydrogen) atoms. The zero-order valence-electron chi connectivity index (χ0n) is 9.19. The fraction of sp³-hybridized carbons (Fsp3) is 0.538. The lowest BCUT2D eigenvalue weighted by Crippen LogP contribution is -2.48. The second kappa shape index (κ2) is 3.67. The molecule has 1 saturated carbocycles. The molecule has 4 rings (SSSR count). The van der Waals surface area contributed by atoms with E-state index in [1.165, 1.54) is 19.3 Å². The van der Waals surface area contributed by atoms with Gasteiger partial charge in [-0.3, -0.25) is 0 Å². The van der Waals surface area contributed by atoms with Gasteiger partial charge in [-0.2, -0.15) is 0 Å². The molecule has 2 heterocycles. The first-order chi connectivity index (χ1) is 7.74. The lowest BCUT2D eigenvalue weighted by Gasteiger charge is -2.43. The van der Waals surface area contributed by atoms with Gasteiger partial charge in [0.05, 0.1) is 0 Å². The number of hydrogen-bond acceptors (Lipinski definition) is 3. The Kier molecular flexibility index (Phi) is 2.28. The van der Waals surface area contributed by atoms with Crippen molar-refractivity contribution < 1.29 is 10.2 Å². The highest BCUT2D eigenvalue weighted by molar-refractivity contribution is 5.42. The molecule has 2 bridgehead atoms. The minimum absolute atomic E-state index is 0.000975. The van der Waals surface area contributed by atoms with E-state index in [0.717, 1.165) is 18.0 Å². The van der Waals surface area contributed by atoms with Gasteiger partial charge in [0.15, 0.2) is 11.5 Å². The average Bonchev–Trinajstić information content (AvgIpc) is 2.34. The Morgan fingerprint density at radius 3 is 2.56 bits per heavy atom. The van der Waals surface area contributed by atoms with E-state index in [1.807, 2.05) is 6.07 Å². The number of phenols is 2. The molecule has 0 radical (unpaired) electrons. The van der Waals surface area contributed by atoms with E-state index in [4.69, 9.17) is 0 Å². The highest BCUT2D eigenvalue weighted by atomic mass is 16.3. The van der Waals surface area contributed by atoms with Crippen molar-refractivity contribution in [3.8, 4) is 11.5 Å². The fourth-order valence-electron chi connectivity index (χ4n) is 3.14. The molecule has 2 saturated heterocycles. The summed E-state index contributed by atoms with van der Waals surface area (Å²) in [6, 6.07) is 5.78. The van der Waals surface area contributed by atoms with Crippen molar-refractivity contribution in [2.45, 2.75) is 31.2 Å². The maximum Gasteiger partial charge on any atom is 0.157 e. The third kappa shape index (κ3) is 1.55. The third-order valence-electron chi connectivity index (χ3n) is 4.06. The number of nitrogens with one attached hydrogen (secondary N) is 1. The number of phenolic OH excluding ortho intramolecular Hbond substituents is 2. The number of aromatic hydroxyl groups is 2. The number of rotatable bonds is 1. The summed E-state index contributed by atoms with van der Waals surface area (Å²) in [5.41, 5.74) is 1.15. The second-order valence-electron chi connectivity index (χ2n) is 5.05. The standard InChI is InChI=1S/C13H17NO2/c15-12-4-2-9(6-13(12)16)10-5-8-1-3-11(10)14-7-8/h2,4,6,8,10-11,14-16H,1,3,5,7H2/t8?,10-,11-/m1/s1. The van der Waals surface area contributed by atoms with Crippen LogP contribution in [0.25, 0.3) is 0 Å². The van der Waals surface area contributed by atoms with Gasteiger partial charge < -0.3 is 15.5 Å². The monoisotopic (exact) mass is 219 g/mol. The highest BCUT2D eigenvalue weighted by Gasteiger charge is 2.36. The van der Waals surface area contributed by atoms with Crippen LogP contribution in [0.15, 0.2) is 18.2 Å². The van der Waals surface area contributed by atoms with Gasteiger partial charge in [0.1, 0.15) is 0 Å². The minimum Gasteiger partial charge on any atom is -0.504 e. The van der Waals surface area contributed by atoms with E-state index >= 15 is 0 Å². The number of piperidine rings is 2. The molecule has 3 N–H and O–H groups in total. The molecule has 1 unspecified atom stereocenters. The van der Waals surface area contributed by atoms with Crippen molar-refractivity contribution in [2.24, 2.45) is 5.92 Å². The van der Waals surface area contributed by atoms with Crippen molar-refractivity contribution in [3.63, 3.8) is 0 Å². The molecule has 1 aromatic rings. The molecular weight excluding hydrogens is 202 g/mol. The van der Waals surface area contributed by atoms with E-state index < -0.39 is 0 Å². The molecular formula is C13H17NO2. The van der Waals surface area contributed by atoms with Crippen LogP contribution in [0.4, 0.5) is 0 Å². The predicted molar refractivity (Wildman–Crippen MR) is 61.6 cm³/mol. The smallest absolute Gasteiger partial charge is 0.157 e. The van der Waals surface area contributed by atoms with Crippen molar-refractivity contribution in [2.75, 3.05) is 6.54 Å². The molecule has 2 aliphatic heterocycles. The maximum absolute atomic E-state index is 9.53. The van der Waals surface area contributed by atoms with Gasteiger partial charge in [-0.15, -0.1) is 0 Å². The van der Waals surface area contributed by atoms with Gasteiger partial charge in [-0.05, 0) is 55.3 Å². The number of fused-ring (bicyclic) bond motifs is 3. The van der Waals surface area contributed by atoms with E-state index in [1.54, 1.807) is 12.1 Å². The van der Waals surface area contributed by atoms with Crippen LogP contribution in [0, 0.1) is 5.92 Å². The SMILES string of the molecule is Oc1ccc([C@H]2CC3CC[C@H]2NC3)cc1O. The summed E-state index contributed by atoms with van der Waals surface area (Å²) < 4.78 is 0. The molecule has 1 aliphatic carbocycles. The molecule has 0 aromatic heterocycles. The van der Waals surface area contributed by atoms with Crippen molar-refractivity contribution >= 4 is 0 Å². The summed E-state index contributed by atoms with van der Waals surface area (Å²) in [6.07, 6.45) is 3.77.